The molecular weight excluding hydrogens is 240 g/mol. The Balaban J connectivity index is 1.88. The van der Waals surface area contributed by atoms with Gasteiger partial charge in [0.2, 0.25) is 0 Å². The van der Waals surface area contributed by atoms with Gasteiger partial charge in [-0.3, -0.25) is 4.79 Å². The molecule has 2 atom stereocenters. The third-order valence-electron chi connectivity index (χ3n) is 3.81. The van der Waals surface area contributed by atoms with Crippen molar-refractivity contribution in [1.29, 1.82) is 0 Å². The molecule has 0 aromatic heterocycles. The van der Waals surface area contributed by atoms with Crippen molar-refractivity contribution in [2.45, 2.75) is 45.1 Å². The van der Waals surface area contributed by atoms with Gasteiger partial charge < -0.3 is 9.84 Å². The summed E-state index contributed by atoms with van der Waals surface area (Å²) in [6.07, 6.45) is 4.65. The molecule has 2 rings (SSSR count). The van der Waals surface area contributed by atoms with E-state index in [9.17, 15) is 9.90 Å². The van der Waals surface area contributed by atoms with Gasteiger partial charge in [0, 0.05) is 6.61 Å². The minimum atomic E-state index is -0.696. The van der Waals surface area contributed by atoms with Gasteiger partial charge in [-0.25, -0.2) is 0 Å². The molecule has 1 aromatic rings. The number of rotatable bonds is 6. The third kappa shape index (κ3) is 4.35. The van der Waals surface area contributed by atoms with Crippen LogP contribution >= 0.6 is 0 Å². The highest BCUT2D eigenvalue weighted by molar-refractivity contribution is 5.70. The van der Waals surface area contributed by atoms with E-state index < -0.39 is 5.97 Å². The standard InChI is InChI=1S/C16H22O3/c1-12-4-6-13(7-5-12)11-14(16(17)18)8-9-15-3-2-10-19-15/h4-7,14-15H,2-3,8-11H2,1H3,(H,17,18). The van der Waals surface area contributed by atoms with E-state index in [4.69, 9.17) is 4.74 Å². The van der Waals surface area contributed by atoms with Crippen molar-refractivity contribution in [2.24, 2.45) is 5.92 Å². The number of aliphatic carboxylic acids is 1. The van der Waals surface area contributed by atoms with Gasteiger partial charge in [-0.2, -0.15) is 0 Å². The van der Waals surface area contributed by atoms with E-state index in [0.29, 0.717) is 12.8 Å². The Morgan fingerprint density at radius 3 is 2.74 bits per heavy atom. The zero-order chi connectivity index (χ0) is 13.7. The molecule has 3 nitrogen and oxygen atoms in total. The van der Waals surface area contributed by atoms with Crippen LogP contribution in [0.5, 0.6) is 0 Å². The quantitative estimate of drug-likeness (QED) is 0.856. The van der Waals surface area contributed by atoms with Gasteiger partial charge in [-0.15, -0.1) is 0 Å². The minimum Gasteiger partial charge on any atom is -0.481 e. The molecule has 1 aromatic carbocycles. The van der Waals surface area contributed by atoms with Crippen LogP contribution in [0.25, 0.3) is 0 Å². The van der Waals surface area contributed by atoms with Gasteiger partial charge in [0.1, 0.15) is 0 Å². The van der Waals surface area contributed by atoms with Crippen LogP contribution in [0.4, 0.5) is 0 Å². The van der Waals surface area contributed by atoms with Crippen LogP contribution < -0.4 is 0 Å². The van der Waals surface area contributed by atoms with Crippen molar-refractivity contribution in [3.63, 3.8) is 0 Å². The second-order valence-corrected chi connectivity index (χ2v) is 5.44. The Morgan fingerprint density at radius 1 is 1.42 bits per heavy atom. The van der Waals surface area contributed by atoms with Crippen molar-refractivity contribution < 1.29 is 14.6 Å². The summed E-state index contributed by atoms with van der Waals surface area (Å²) >= 11 is 0. The molecule has 19 heavy (non-hydrogen) atoms. The number of hydrogen-bond donors (Lipinski definition) is 1. The van der Waals surface area contributed by atoms with Crippen molar-refractivity contribution in [2.75, 3.05) is 6.61 Å². The van der Waals surface area contributed by atoms with E-state index in [1.54, 1.807) is 0 Å². The van der Waals surface area contributed by atoms with Crippen LogP contribution in [0.3, 0.4) is 0 Å². The maximum Gasteiger partial charge on any atom is 0.306 e. The van der Waals surface area contributed by atoms with Crippen LogP contribution in [0.15, 0.2) is 24.3 Å². The monoisotopic (exact) mass is 262 g/mol. The zero-order valence-corrected chi connectivity index (χ0v) is 11.5. The SMILES string of the molecule is Cc1ccc(CC(CCC2CCCO2)C(=O)O)cc1. The van der Waals surface area contributed by atoms with E-state index in [-0.39, 0.29) is 12.0 Å². The molecule has 1 fully saturated rings. The lowest BCUT2D eigenvalue weighted by atomic mass is 9.93. The molecular formula is C16H22O3. The number of aryl methyl sites for hydroxylation is 1. The average molecular weight is 262 g/mol. The highest BCUT2D eigenvalue weighted by Gasteiger charge is 2.22. The fourth-order valence-electron chi connectivity index (χ4n) is 2.58. The van der Waals surface area contributed by atoms with Crippen molar-refractivity contribution in [3.8, 4) is 0 Å². The van der Waals surface area contributed by atoms with Crippen LogP contribution in [-0.2, 0) is 16.0 Å². The summed E-state index contributed by atoms with van der Waals surface area (Å²) in [5.74, 6) is -0.995. The second kappa shape index (κ2) is 6.71. The molecule has 1 heterocycles. The molecule has 1 saturated heterocycles. The molecule has 0 saturated carbocycles. The molecule has 0 aliphatic carbocycles. The van der Waals surface area contributed by atoms with Gasteiger partial charge >= 0.3 is 5.97 Å². The van der Waals surface area contributed by atoms with E-state index >= 15 is 0 Å². The predicted octanol–water partition coefficient (Wildman–Crippen LogP) is 3.20. The first kappa shape index (κ1) is 14.1. The number of hydrogen-bond acceptors (Lipinski definition) is 2. The van der Waals surface area contributed by atoms with E-state index in [2.05, 4.69) is 0 Å². The Labute approximate surface area is 114 Å². The molecule has 1 aliphatic rings. The summed E-state index contributed by atoms with van der Waals surface area (Å²) < 4.78 is 5.56. The van der Waals surface area contributed by atoms with Gasteiger partial charge in [0.25, 0.3) is 0 Å². The molecule has 1 aliphatic heterocycles. The maximum absolute atomic E-state index is 11.3. The minimum absolute atomic E-state index is 0.278. The largest absolute Gasteiger partial charge is 0.481 e. The Bertz CT molecular complexity index is 405. The first-order valence-corrected chi connectivity index (χ1v) is 7.05. The zero-order valence-electron chi connectivity index (χ0n) is 11.5. The second-order valence-electron chi connectivity index (χ2n) is 5.44. The summed E-state index contributed by atoms with van der Waals surface area (Å²) in [7, 11) is 0. The van der Waals surface area contributed by atoms with E-state index in [1.807, 2.05) is 31.2 Å². The average Bonchev–Trinajstić information content (AvgIpc) is 2.89. The molecule has 104 valence electrons. The lowest BCUT2D eigenvalue weighted by Gasteiger charge is -2.15. The lowest BCUT2D eigenvalue weighted by molar-refractivity contribution is -0.142. The molecule has 1 N–H and O–H groups in total. The molecule has 0 spiro atoms. The lowest BCUT2D eigenvalue weighted by Crippen LogP contribution is -2.19. The van der Waals surface area contributed by atoms with Gasteiger partial charge in [-0.1, -0.05) is 29.8 Å². The first-order valence-electron chi connectivity index (χ1n) is 7.05. The fourth-order valence-corrected chi connectivity index (χ4v) is 2.58. The number of benzene rings is 1. The first-order chi connectivity index (χ1) is 9.15. The number of carbonyl (C=O) groups is 1. The molecule has 2 unspecified atom stereocenters. The van der Waals surface area contributed by atoms with Gasteiger partial charge in [0.05, 0.1) is 12.0 Å². The van der Waals surface area contributed by atoms with E-state index in [1.165, 1.54) is 5.56 Å². The Hall–Kier alpha value is -1.35. The summed E-state index contributed by atoms with van der Waals surface area (Å²) in [6.45, 7) is 2.87. The highest BCUT2D eigenvalue weighted by Crippen LogP contribution is 2.22. The highest BCUT2D eigenvalue weighted by atomic mass is 16.5. The summed E-state index contributed by atoms with van der Waals surface area (Å²) in [5, 5.41) is 9.32. The Kier molecular flexibility index (Phi) is 4.97. The van der Waals surface area contributed by atoms with Crippen LogP contribution in [-0.4, -0.2) is 23.8 Å². The molecule has 3 heteroatoms. The normalized spacial score (nSPS) is 20.4. The number of carboxylic acid groups (broad SMARTS) is 1. The van der Waals surface area contributed by atoms with Crippen molar-refractivity contribution in [1.82, 2.24) is 0 Å². The van der Waals surface area contributed by atoms with Crippen molar-refractivity contribution >= 4 is 5.97 Å². The smallest absolute Gasteiger partial charge is 0.306 e. The molecule has 0 amide bonds. The maximum atomic E-state index is 11.3. The summed E-state index contributed by atoms with van der Waals surface area (Å²) in [4.78, 5) is 11.3. The fraction of sp³-hybridized carbons (Fsp3) is 0.562. The summed E-state index contributed by atoms with van der Waals surface area (Å²) in [5.41, 5.74) is 2.31. The van der Waals surface area contributed by atoms with Crippen LogP contribution in [0, 0.1) is 12.8 Å². The molecule has 0 radical (unpaired) electrons. The summed E-state index contributed by atoms with van der Waals surface area (Å²) in [6, 6.07) is 8.12. The van der Waals surface area contributed by atoms with Crippen molar-refractivity contribution in [3.05, 3.63) is 35.4 Å². The topological polar surface area (TPSA) is 46.5 Å². The molecule has 0 bridgehead atoms. The predicted molar refractivity (Wildman–Crippen MR) is 74.2 cm³/mol. The van der Waals surface area contributed by atoms with Crippen LogP contribution in [0.2, 0.25) is 0 Å². The third-order valence-corrected chi connectivity index (χ3v) is 3.81. The van der Waals surface area contributed by atoms with Crippen LogP contribution in [0.1, 0.15) is 36.8 Å². The van der Waals surface area contributed by atoms with Gasteiger partial charge in [0.15, 0.2) is 0 Å². The van der Waals surface area contributed by atoms with Gasteiger partial charge in [-0.05, 0) is 44.6 Å². The number of carboxylic acids is 1. The number of ether oxygens (including phenoxy) is 1. The Morgan fingerprint density at radius 2 is 2.16 bits per heavy atom. The van der Waals surface area contributed by atoms with E-state index in [0.717, 1.165) is 31.4 Å².